The molecule has 0 aliphatic rings. The molecule has 0 rings (SSSR count). The Balaban J connectivity index is 3.80. The number of unbranched alkanes of at least 4 members (excludes halogenated alkanes) is 1. The lowest BCUT2D eigenvalue weighted by molar-refractivity contribution is -0.758. The van der Waals surface area contributed by atoms with Crippen LogP contribution in [0.3, 0.4) is 0 Å². The third kappa shape index (κ3) is 17.0. The molecule has 13 nitrogen and oxygen atoms in total. The summed E-state index contributed by atoms with van der Waals surface area (Å²) in [5, 5.41) is 22.9. The maximum absolute atomic E-state index is 11.6. The number of carbonyl (C=O) groups is 3. The summed E-state index contributed by atoms with van der Waals surface area (Å²) in [7, 11) is 0. The average molecular weight is 423 g/mol. The maximum atomic E-state index is 11.6. The summed E-state index contributed by atoms with van der Waals surface area (Å²) < 4.78 is 14.8. The third-order valence-corrected chi connectivity index (χ3v) is 3.06. The molecule has 0 aliphatic carbocycles. The zero-order valence-corrected chi connectivity index (χ0v) is 16.8. The second-order valence-corrected chi connectivity index (χ2v) is 6.76. The Bertz CT molecular complexity index is 536. The van der Waals surface area contributed by atoms with Crippen molar-refractivity contribution in [1.82, 2.24) is 10.6 Å². The van der Waals surface area contributed by atoms with Crippen LogP contribution in [0.4, 0.5) is 9.59 Å². The topological polar surface area (TPSA) is 176 Å². The van der Waals surface area contributed by atoms with E-state index in [9.17, 15) is 24.5 Å². The van der Waals surface area contributed by atoms with Crippen molar-refractivity contribution in [2.45, 2.75) is 51.7 Å². The number of amides is 2. The van der Waals surface area contributed by atoms with Gasteiger partial charge in [-0.25, -0.2) is 14.4 Å². The van der Waals surface area contributed by atoms with Crippen LogP contribution in [0.1, 0.15) is 40.0 Å². The first-order valence-electron chi connectivity index (χ1n) is 8.99. The van der Waals surface area contributed by atoms with E-state index in [0.717, 1.165) is 0 Å². The van der Waals surface area contributed by atoms with Gasteiger partial charge >= 0.3 is 18.2 Å². The summed E-state index contributed by atoms with van der Waals surface area (Å²) in [5.41, 5.74) is -0.731. The summed E-state index contributed by atoms with van der Waals surface area (Å²) >= 11 is 0. The van der Waals surface area contributed by atoms with Crippen molar-refractivity contribution in [1.29, 1.82) is 0 Å². The van der Waals surface area contributed by atoms with Gasteiger partial charge < -0.3 is 34.8 Å². The molecule has 3 N–H and O–H groups in total. The van der Waals surface area contributed by atoms with Crippen LogP contribution in [-0.4, -0.2) is 73.0 Å². The fraction of sp³-hybridized carbons (Fsp3) is 0.812. The van der Waals surface area contributed by atoms with Crippen LogP contribution >= 0.6 is 0 Å². The predicted octanol–water partition coefficient (Wildman–Crippen LogP) is 1.09. The van der Waals surface area contributed by atoms with Crippen LogP contribution in [-0.2, 0) is 23.8 Å². The molecule has 0 saturated carbocycles. The van der Waals surface area contributed by atoms with E-state index >= 15 is 0 Å². The quantitative estimate of drug-likeness (QED) is 0.208. The Kier molecular flexibility index (Phi) is 12.8. The second kappa shape index (κ2) is 14.2. The molecule has 0 aliphatic heterocycles. The molecule has 1 atom stereocenters. The maximum Gasteiger partial charge on any atom is 0.408 e. The number of carboxylic acid groups (broad SMARTS) is 1. The number of ether oxygens (including phenoxy) is 3. The molecule has 13 heteroatoms. The van der Waals surface area contributed by atoms with E-state index in [-0.39, 0.29) is 39.4 Å². The molecule has 0 aromatic rings. The standard InChI is InChI=1S/C16H29N3O10/c1-16(2,3)29-15(23)18-12(13(20)21)6-4-5-7-17-14(22)27-10-8-26-9-11-28-19(24)25/h12H,4-11H2,1-3H3,(H,17,22)(H,18,23)(H,20,21). The van der Waals surface area contributed by atoms with E-state index in [2.05, 4.69) is 15.5 Å². The summed E-state index contributed by atoms with van der Waals surface area (Å²) in [6.45, 7) is 5.08. The van der Waals surface area contributed by atoms with Crippen LogP contribution in [0.15, 0.2) is 0 Å². The van der Waals surface area contributed by atoms with Crippen molar-refractivity contribution < 1.29 is 43.6 Å². The Labute approximate surface area is 168 Å². The van der Waals surface area contributed by atoms with E-state index in [4.69, 9.17) is 19.3 Å². The number of hydrogen-bond acceptors (Lipinski definition) is 9. The molecule has 1 unspecified atom stereocenters. The molecular weight excluding hydrogens is 394 g/mol. The minimum Gasteiger partial charge on any atom is -0.480 e. The van der Waals surface area contributed by atoms with Crippen molar-refractivity contribution in [3.63, 3.8) is 0 Å². The van der Waals surface area contributed by atoms with Gasteiger partial charge in [-0.2, -0.15) is 0 Å². The van der Waals surface area contributed by atoms with Gasteiger partial charge in [-0.3, -0.25) is 0 Å². The average Bonchev–Trinajstić information content (AvgIpc) is 2.57. The zero-order valence-electron chi connectivity index (χ0n) is 16.8. The molecular formula is C16H29N3O10. The lowest BCUT2D eigenvalue weighted by Gasteiger charge is -2.22. The predicted molar refractivity (Wildman–Crippen MR) is 97.8 cm³/mol. The lowest BCUT2D eigenvalue weighted by Crippen LogP contribution is -2.43. The van der Waals surface area contributed by atoms with Crippen LogP contribution in [0.2, 0.25) is 0 Å². The zero-order chi connectivity index (χ0) is 22.3. The smallest absolute Gasteiger partial charge is 0.408 e. The van der Waals surface area contributed by atoms with Crippen molar-refractivity contribution in [3.05, 3.63) is 10.1 Å². The molecule has 0 bridgehead atoms. The first-order chi connectivity index (χ1) is 13.5. The number of hydrogen-bond donors (Lipinski definition) is 3. The van der Waals surface area contributed by atoms with Gasteiger partial charge in [0.2, 0.25) is 0 Å². The van der Waals surface area contributed by atoms with Gasteiger partial charge in [0, 0.05) is 6.54 Å². The summed E-state index contributed by atoms with van der Waals surface area (Å²) in [5.74, 6) is -1.17. The van der Waals surface area contributed by atoms with E-state index in [0.29, 0.717) is 12.8 Å². The first-order valence-corrected chi connectivity index (χ1v) is 8.99. The number of aliphatic carboxylic acids is 1. The number of alkyl carbamates (subject to hydrolysis) is 2. The second-order valence-electron chi connectivity index (χ2n) is 6.76. The fourth-order valence-electron chi connectivity index (χ4n) is 1.89. The van der Waals surface area contributed by atoms with Gasteiger partial charge in [-0.1, -0.05) is 0 Å². The van der Waals surface area contributed by atoms with Crippen LogP contribution in [0.5, 0.6) is 0 Å². The molecule has 2 amide bonds. The lowest BCUT2D eigenvalue weighted by atomic mass is 10.1. The van der Waals surface area contributed by atoms with Crippen LogP contribution in [0.25, 0.3) is 0 Å². The largest absolute Gasteiger partial charge is 0.480 e. The Morgan fingerprint density at radius 2 is 1.72 bits per heavy atom. The molecule has 0 saturated heterocycles. The van der Waals surface area contributed by atoms with Crippen molar-refractivity contribution in [2.24, 2.45) is 0 Å². The highest BCUT2D eigenvalue weighted by Gasteiger charge is 2.23. The third-order valence-electron chi connectivity index (χ3n) is 3.06. The highest BCUT2D eigenvalue weighted by Crippen LogP contribution is 2.08. The summed E-state index contributed by atoms with van der Waals surface area (Å²) in [4.78, 5) is 48.2. The fourth-order valence-corrected chi connectivity index (χ4v) is 1.89. The monoisotopic (exact) mass is 423 g/mol. The number of carbonyl (C=O) groups excluding carboxylic acids is 2. The minimum atomic E-state index is -1.17. The van der Waals surface area contributed by atoms with Crippen molar-refractivity contribution in [2.75, 3.05) is 33.0 Å². The van der Waals surface area contributed by atoms with Gasteiger partial charge in [-0.15, -0.1) is 10.1 Å². The SMILES string of the molecule is CC(C)(C)OC(=O)NC(CCCCNC(=O)OCCOCCO[N+](=O)[O-])C(=O)O. The molecule has 0 fully saturated rings. The Morgan fingerprint density at radius 3 is 2.31 bits per heavy atom. The number of rotatable bonds is 14. The van der Waals surface area contributed by atoms with Crippen LogP contribution in [0, 0.1) is 10.1 Å². The molecule has 0 radical (unpaired) electrons. The number of carboxylic acids is 1. The normalized spacial score (nSPS) is 11.8. The van der Waals surface area contributed by atoms with E-state index < -0.39 is 34.9 Å². The van der Waals surface area contributed by atoms with Crippen molar-refractivity contribution in [3.8, 4) is 0 Å². The highest BCUT2D eigenvalue weighted by molar-refractivity contribution is 5.79. The molecule has 0 aromatic heterocycles. The molecule has 168 valence electrons. The van der Waals surface area contributed by atoms with Crippen molar-refractivity contribution >= 4 is 18.2 Å². The van der Waals surface area contributed by atoms with Gasteiger partial charge in [-0.05, 0) is 40.0 Å². The highest BCUT2D eigenvalue weighted by atomic mass is 17.0. The van der Waals surface area contributed by atoms with E-state index in [1.54, 1.807) is 20.8 Å². The Hall–Kier alpha value is -2.83. The molecule has 0 spiro atoms. The number of nitrogens with zero attached hydrogens (tertiary/aromatic N) is 1. The van der Waals surface area contributed by atoms with E-state index in [1.165, 1.54) is 0 Å². The summed E-state index contributed by atoms with van der Waals surface area (Å²) in [6, 6.07) is -1.09. The number of nitrogens with one attached hydrogen (secondary N) is 2. The van der Waals surface area contributed by atoms with Gasteiger partial charge in [0.25, 0.3) is 5.09 Å². The Morgan fingerprint density at radius 1 is 1.07 bits per heavy atom. The van der Waals surface area contributed by atoms with E-state index in [1.807, 2.05) is 0 Å². The van der Waals surface area contributed by atoms with Gasteiger partial charge in [0.1, 0.15) is 24.9 Å². The summed E-state index contributed by atoms with van der Waals surface area (Å²) in [6.07, 6.45) is -0.391. The first kappa shape index (κ1) is 26.2. The minimum absolute atomic E-state index is 0.00592. The van der Waals surface area contributed by atoms with Gasteiger partial charge in [0.15, 0.2) is 0 Å². The molecule has 0 aromatic carbocycles. The molecule has 29 heavy (non-hydrogen) atoms. The van der Waals surface area contributed by atoms with Gasteiger partial charge in [0.05, 0.1) is 13.2 Å². The van der Waals surface area contributed by atoms with Crippen LogP contribution < -0.4 is 10.6 Å². The molecule has 0 heterocycles.